The minimum Gasteiger partial charge on any atom is -0.397 e. The van der Waals surface area contributed by atoms with Gasteiger partial charge in [0, 0.05) is 24.3 Å². The molecule has 0 atom stereocenters. The molecule has 0 unspecified atom stereocenters. The number of nitrogens with two attached hydrogens (primary N) is 2. The maximum Gasteiger partial charge on any atom is 0.138 e. The summed E-state index contributed by atoms with van der Waals surface area (Å²) in [4.78, 5) is 10.5. The number of fused-ring (bicyclic) bond motifs is 1. The summed E-state index contributed by atoms with van der Waals surface area (Å²) in [5, 5.41) is 0. The van der Waals surface area contributed by atoms with Gasteiger partial charge in [0.2, 0.25) is 0 Å². The molecule has 0 bridgehead atoms. The number of aromatic amines is 1. The van der Waals surface area contributed by atoms with Gasteiger partial charge in [0.05, 0.1) is 22.4 Å². The second-order valence-electron chi connectivity index (χ2n) is 6.18. The molecule has 4 rings (SSSR count). The van der Waals surface area contributed by atoms with Gasteiger partial charge < -0.3 is 21.4 Å². The van der Waals surface area contributed by atoms with Crippen LogP contribution in [0.25, 0.3) is 22.4 Å². The van der Waals surface area contributed by atoms with Crippen LogP contribution >= 0.6 is 0 Å². The second-order valence-corrected chi connectivity index (χ2v) is 6.18. The molecule has 0 radical (unpaired) electrons. The molecule has 0 aliphatic carbocycles. The molecule has 1 aliphatic rings. The lowest BCUT2D eigenvalue weighted by molar-refractivity contribution is 0.578. The third kappa shape index (κ3) is 2.59. The quantitative estimate of drug-likeness (QED) is 0.634. The molecule has 5 N–H and O–H groups in total. The summed E-state index contributed by atoms with van der Waals surface area (Å²) in [6.07, 6.45) is 3.89. The van der Waals surface area contributed by atoms with Crippen LogP contribution in [0.2, 0.25) is 0 Å². The van der Waals surface area contributed by atoms with Crippen LogP contribution in [0.3, 0.4) is 0 Å². The number of nitrogens with zero attached hydrogens (tertiary/aromatic N) is 2. The summed E-state index contributed by atoms with van der Waals surface area (Å²) in [6, 6.07) is 12.1. The van der Waals surface area contributed by atoms with E-state index < -0.39 is 0 Å². The lowest BCUT2D eigenvalue weighted by atomic mass is 10.1. The number of piperidine rings is 1. The zero-order valence-corrected chi connectivity index (χ0v) is 13.0. The fraction of sp³-hybridized carbons (Fsp3) is 0.278. The van der Waals surface area contributed by atoms with E-state index in [0.717, 1.165) is 35.5 Å². The summed E-state index contributed by atoms with van der Waals surface area (Å²) in [6.45, 7) is 2.28. The second kappa shape index (κ2) is 5.50. The SMILES string of the molecule is Nc1ccc(-c2nc3ccc(N4CCCCC4)cc3[nH]2)cc1N. The first-order valence-electron chi connectivity index (χ1n) is 8.11. The maximum absolute atomic E-state index is 5.90. The summed E-state index contributed by atoms with van der Waals surface area (Å²) in [7, 11) is 0. The number of benzene rings is 2. The van der Waals surface area contributed by atoms with E-state index in [1.807, 2.05) is 18.2 Å². The molecule has 2 aromatic carbocycles. The van der Waals surface area contributed by atoms with Gasteiger partial charge in [0.25, 0.3) is 0 Å². The van der Waals surface area contributed by atoms with Crippen molar-refractivity contribution in [2.75, 3.05) is 29.5 Å². The van der Waals surface area contributed by atoms with Gasteiger partial charge >= 0.3 is 0 Å². The number of rotatable bonds is 2. The Morgan fingerprint density at radius 3 is 2.52 bits per heavy atom. The topological polar surface area (TPSA) is 84.0 Å². The number of nitrogen functional groups attached to an aromatic ring is 2. The first-order chi connectivity index (χ1) is 11.2. The average molecular weight is 307 g/mol. The van der Waals surface area contributed by atoms with Crippen LogP contribution in [0.5, 0.6) is 0 Å². The van der Waals surface area contributed by atoms with Crippen molar-refractivity contribution in [2.45, 2.75) is 19.3 Å². The molecular weight excluding hydrogens is 286 g/mol. The number of aromatic nitrogens is 2. The third-order valence-corrected chi connectivity index (χ3v) is 4.55. The molecule has 0 spiro atoms. The van der Waals surface area contributed by atoms with E-state index in [-0.39, 0.29) is 0 Å². The third-order valence-electron chi connectivity index (χ3n) is 4.55. The van der Waals surface area contributed by atoms with E-state index in [2.05, 4.69) is 33.1 Å². The Kier molecular flexibility index (Phi) is 3.33. The molecule has 3 aromatic rings. The molecule has 2 heterocycles. The first-order valence-corrected chi connectivity index (χ1v) is 8.11. The smallest absolute Gasteiger partial charge is 0.138 e. The Bertz CT molecular complexity index is 846. The normalized spacial score (nSPS) is 15.2. The minimum absolute atomic E-state index is 0.581. The van der Waals surface area contributed by atoms with E-state index >= 15 is 0 Å². The Morgan fingerprint density at radius 1 is 0.913 bits per heavy atom. The molecule has 0 saturated carbocycles. The van der Waals surface area contributed by atoms with Crippen LogP contribution in [0.4, 0.5) is 17.1 Å². The largest absolute Gasteiger partial charge is 0.397 e. The van der Waals surface area contributed by atoms with Gasteiger partial charge in [-0.3, -0.25) is 0 Å². The Labute approximate surface area is 135 Å². The van der Waals surface area contributed by atoms with E-state index in [0.29, 0.717) is 11.4 Å². The molecule has 23 heavy (non-hydrogen) atoms. The number of hydrogen-bond donors (Lipinski definition) is 3. The summed E-state index contributed by atoms with van der Waals surface area (Å²) in [5.74, 6) is 0.822. The van der Waals surface area contributed by atoms with Crippen molar-refractivity contribution >= 4 is 28.1 Å². The Balaban J connectivity index is 1.71. The fourth-order valence-electron chi connectivity index (χ4n) is 3.21. The highest BCUT2D eigenvalue weighted by Crippen LogP contribution is 2.28. The van der Waals surface area contributed by atoms with Crippen molar-refractivity contribution in [2.24, 2.45) is 0 Å². The fourth-order valence-corrected chi connectivity index (χ4v) is 3.21. The molecule has 5 heteroatoms. The van der Waals surface area contributed by atoms with Crippen molar-refractivity contribution in [1.29, 1.82) is 0 Å². The van der Waals surface area contributed by atoms with Gasteiger partial charge in [-0.15, -0.1) is 0 Å². The van der Waals surface area contributed by atoms with Crippen LogP contribution < -0.4 is 16.4 Å². The van der Waals surface area contributed by atoms with Crippen LogP contribution in [0, 0.1) is 0 Å². The van der Waals surface area contributed by atoms with E-state index in [1.165, 1.54) is 24.9 Å². The molecule has 118 valence electrons. The maximum atomic E-state index is 5.90. The van der Waals surface area contributed by atoms with E-state index in [4.69, 9.17) is 11.5 Å². The molecule has 1 fully saturated rings. The molecule has 1 saturated heterocycles. The Hall–Kier alpha value is -2.69. The summed E-state index contributed by atoms with van der Waals surface area (Å²) in [5.41, 5.74) is 17.1. The number of hydrogen-bond acceptors (Lipinski definition) is 4. The predicted octanol–water partition coefficient (Wildman–Crippen LogP) is 3.38. The highest BCUT2D eigenvalue weighted by Gasteiger charge is 2.13. The molecule has 0 amide bonds. The van der Waals surface area contributed by atoms with Crippen molar-refractivity contribution in [3.05, 3.63) is 36.4 Å². The average Bonchev–Trinajstić information content (AvgIpc) is 3.01. The van der Waals surface area contributed by atoms with Crippen molar-refractivity contribution in [3.63, 3.8) is 0 Å². The van der Waals surface area contributed by atoms with Crippen LogP contribution in [0.1, 0.15) is 19.3 Å². The van der Waals surface area contributed by atoms with Crippen LogP contribution in [-0.4, -0.2) is 23.1 Å². The van der Waals surface area contributed by atoms with Crippen molar-refractivity contribution in [1.82, 2.24) is 9.97 Å². The number of H-pyrrole nitrogens is 1. The number of anilines is 3. The van der Waals surface area contributed by atoms with Crippen molar-refractivity contribution < 1.29 is 0 Å². The van der Waals surface area contributed by atoms with Gasteiger partial charge in [-0.1, -0.05) is 0 Å². The van der Waals surface area contributed by atoms with Gasteiger partial charge in [-0.2, -0.15) is 0 Å². The van der Waals surface area contributed by atoms with Crippen molar-refractivity contribution in [3.8, 4) is 11.4 Å². The zero-order chi connectivity index (χ0) is 15.8. The van der Waals surface area contributed by atoms with Crippen LogP contribution in [0.15, 0.2) is 36.4 Å². The standard InChI is InChI=1S/C18H21N5/c19-14-6-4-12(10-15(14)20)18-21-16-7-5-13(11-17(16)22-18)23-8-2-1-3-9-23/h4-7,10-11H,1-3,8-9,19-20H2,(H,21,22). The monoisotopic (exact) mass is 307 g/mol. The molecule has 1 aliphatic heterocycles. The highest BCUT2D eigenvalue weighted by atomic mass is 15.1. The van der Waals surface area contributed by atoms with Gasteiger partial charge in [-0.25, -0.2) is 4.98 Å². The zero-order valence-electron chi connectivity index (χ0n) is 13.0. The van der Waals surface area contributed by atoms with Gasteiger partial charge in [0.1, 0.15) is 5.82 Å². The summed E-state index contributed by atoms with van der Waals surface area (Å²) < 4.78 is 0. The molecule has 1 aromatic heterocycles. The van der Waals surface area contributed by atoms with Gasteiger partial charge in [-0.05, 0) is 55.7 Å². The number of nitrogens with one attached hydrogen (secondary N) is 1. The lowest BCUT2D eigenvalue weighted by Crippen LogP contribution is -2.29. The van der Waals surface area contributed by atoms with Gasteiger partial charge in [0.15, 0.2) is 0 Å². The predicted molar refractivity (Wildman–Crippen MR) is 96.4 cm³/mol. The van der Waals surface area contributed by atoms with Crippen LogP contribution in [-0.2, 0) is 0 Å². The van der Waals surface area contributed by atoms with E-state index in [9.17, 15) is 0 Å². The minimum atomic E-state index is 0.581. The molecular formula is C18H21N5. The number of imidazole rings is 1. The summed E-state index contributed by atoms with van der Waals surface area (Å²) >= 11 is 0. The van der Waals surface area contributed by atoms with E-state index in [1.54, 1.807) is 0 Å². The Morgan fingerprint density at radius 2 is 1.74 bits per heavy atom. The molecule has 5 nitrogen and oxygen atoms in total. The lowest BCUT2D eigenvalue weighted by Gasteiger charge is -2.28. The highest BCUT2D eigenvalue weighted by molar-refractivity contribution is 5.84. The first kappa shape index (κ1) is 13.9.